The molecule has 0 amide bonds. The van der Waals surface area contributed by atoms with E-state index in [1.165, 1.54) is 30.9 Å². The molecule has 0 aliphatic carbocycles. The number of H-pyrrole nitrogens is 1. The molecule has 148 valence electrons. The van der Waals surface area contributed by atoms with E-state index in [9.17, 15) is 4.39 Å². The largest absolute Gasteiger partial charge is 0.341 e. The van der Waals surface area contributed by atoms with Crippen LogP contribution in [0.15, 0.2) is 72.0 Å². The van der Waals surface area contributed by atoms with Gasteiger partial charge in [0.05, 0.1) is 11.4 Å². The van der Waals surface area contributed by atoms with E-state index in [-0.39, 0.29) is 5.82 Å². The van der Waals surface area contributed by atoms with E-state index in [4.69, 9.17) is 4.98 Å². The Balaban J connectivity index is 0.00000117. The lowest BCUT2D eigenvalue weighted by Crippen LogP contribution is -1.97. The van der Waals surface area contributed by atoms with Crippen molar-refractivity contribution in [3.05, 3.63) is 84.1 Å². The van der Waals surface area contributed by atoms with Crippen LogP contribution in [0.1, 0.15) is 11.4 Å². The SMILES string of the molecule is CN.CSc1nccc(Cc2[nH]c(-c3ccccc3)nc2-c2ccc(F)cc2)n1. The molecule has 0 fully saturated rings. The Kier molecular flexibility index (Phi) is 7.10. The standard InChI is InChI=1S/C21H17FN4S.CH5N/c1-27-21-23-12-11-17(24-21)13-18-19(14-7-9-16(22)10-8-14)26-20(25-18)15-5-3-2-4-6-15;1-2/h2-12H,13H2,1H3,(H,25,26);2H2,1H3. The summed E-state index contributed by atoms with van der Waals surface area (Å²) in [5.74, 6) is 0.517. The number of benzene rings is 2. The van der Waals surface area contributed by atoms with E-state index in [2.05, 4.69) is 20.7 Å². The van der Waals surface area contributed by atoms with Crippen LogP contribution in [0.2, 0.25) is 0 Å². The normalized spacial score (nSPS) is 10.3. The number of thioether (sulfide) groups is 1. The molecule has 2 aromatic carbocycles. The summed E-state index contributed by atoms with van der Waals surface area (Å²) < 4.78 is 13.4. The highest BCUT2D eigenvalue weighted by Gasteiger charge is 2.15. The maximum absolute atomic E-state index is 13.4. The van der Waals surface area contributed by atoms with Crippen LogP contribution in [0.5, 0.6) is 0 Å². The van der Waals surface area contributed by atoms with Crippen molar-refractivity contribution >= 4 is 11.8 Å². The highest BCUT2D eigenvalue weighted by atomic mass is 32.2. The molecule has 0 aliphatic heterocycles. The van der Waals surface area contributed by atoms with Crippen LogP contribution < -0.4 is 5.73 Å². The fourth-order valence-electron chi connectivity index (χ4n) is 2.87. The number of halogens is 1. The molecule has 3 N–H and O–H groups in total. The van der Waals surface area contributed by atoms with Gasteiger partial charge in [0, 0.05) is 29.4 Å². The van der Waals surface area contributed by atoms with Crippen LogP contribution in [0, 0.1) is 5.82 Å². The van der Waals surface area contributed by atoms with Crippen molar-refractivity contribution in [1.82, 2.24) is 19.9 Å². The molecule has 0 unspecified atom stereocenters. The Morgan fingerprint density at radius 2 is 1.66 bits per heavy atom. The van der Waals surface area contributed by atoms with Crippen LogP contribution in [0.3, 0.4) is 0 Å². The Bertz CT molecular complexity index is 1050. The van der Waals surface area contributed by atoms with Gasteiger partial charge in [-0.2, -0.15) is 0 Å². The second-order valence-corrected chi connectivity index (χ2v) is 6.77. The number of nitrogens with two attached hydrogens (primary N) is 1. The van der Waals surface area contributed by atoms with E-state index < -0.39 is 0 Å². The summed E-state index contributed by atoms with van der Waals surface area (Å²) in [6.07, 6.45) is 4.30. The minimum atomic E-state index is -0.264. The first-order valence-electron chi connectivity index (χ1n) is 9.07. The maximum Gasteiger partial charge on any atom is 0.187 e. The minimum Gasteiger partial charge on any atom is -0.341 e. The third-order valence-electron chi connectivity index (χ3n) is 4.18. The zero-order chi connectivity index (χ0) is 20.6. The van der Waals surface area contributed by atoms with E-state index in [0.29, 0.717) is 6.42 Å². The molecule has 0 spiro atoms. The number of rotatable bonds is 5. The molecule has 4 rings (SSSR count). The number of hydrogen-bond acceptors (Lipinski definition) is 5. The van der Waals surface area contributed by atoms with Gasteiger partial charge in [0.15, 0.2) is 5.16 Å². The van der Waals surface area contributed by atoms with Crippen LogP contribution in [0.25, 0.3) is 22.6 Å². The Morgan fingerprint density at radius 1 is 0.931 bits per heavy atom. The summed E-state index contributed by atoms with van der Waals surface area (Å²) in [7, 11) is 1.50. The predicted molar refractivity (Wildman–Crippen MR) is 116 cm³/mol. The van der Waals surface area contributed by atoms with Gasteiger partial charge in [-0.1, -0.05) is 42.1 Å². The summed E-state index contributed by atoms with van der Waals surface area (Å²) in [6, 6.07) is 18.2. The molecule has 0 radical (unpaired) electrons. The fourth-order valence-corrected chi connectivity index (χ4v) is 3.25. The molecule has 4 aromatic rings. The number of hydrogen-bond donors (Lipinski definition) is 2. The minimum absolute atomic E-state index is 0.264. The van der Waals surface area contributed by atoms with Crippen LogP contribution in [-0.4, -0.2) is 33.2 Å². The zero-order valence-electron chi connectivity index (χ0n) is 16.3. The van der Waals surface area contributed by atoms with Crippen molar-refractivity contribution in [3.8, 4) is 22.6 Å². The third-order valence-corrected chi connectivity index (χ3v) is 4.74. The molecular weight excluding hydrogens is 385 g/mol. The third kappa shape index (κ3) is 5.07. The smallest absolute Gasteiger partial charge is 0.187 e. The lowest BCUT2D eigenvalue weighted by Gasteiger charge is -2.04. The summed E-state index contributed by atoms with van der Waals surface area (Å²) >= 11 is 1.51. The molecule has 2 heterocycles. The highest BCUT2D eigenvalue weighted by Crippen LogP contribution is 2.28. The summed E-state index contributed by atoms with van der Waals surface area (Å²) in [4.78, 5) is 17.0. The Morgan fingerprint density at radius 3 is 2.34 bits per heavy atom. The molecular formula is C22H22FN5S. The van der Waals surface area contributed by atoms with Crippen molar-refractivity contribution in [2.45, 2.75) is 11.6 Å². The van der Waals surface area contributed by atoms with E-state index in [0.717, 1.165) is 39.2 Å². The molecule has 0 saturated heterocycles. The van der Waals surface area contributed by atoms with Crippen molar-refractivity contribution in [2.75, 3.05) is 13.3 Å². The number of nitrogens with one attached hydrogen (secondary N) is 1. The number of aromatic amines is 1. The Labute approximate surface area is 173 Å². The van der Waals surface area contributed by atoms with Gasteiger partial charge in [-0.3, -0.25) is 0 Å². The van der Waals surface area contributed by atoms with Gasteiger partial charge in [-0.25, -0.2) is 19.3 Å². The van der Waals surface area contributed by atoms with Gasteiger partial charge in [-0.05, 0) is 43.6 Å². The fraction of sp³-hybridized carbons (Fsp3) is 0.136. The van der Waals surface area contributed by atoms with Crippen LogP contribution >= 0.6 is 11.8 Å². The summed E-state index contributed by atoms with van der Waals surface area (Å²) in [5, 5.41) is 0.735. The molecule has 2 aromatic heterocycles. The topological polar surface area (TPSA) is 80.5 Å². The van der Waals surface area contributed by atoms with Gasteiger partial charge in [0.1, 0.15) is 11.6 Å². The molecule has 0 saturated carbocycles. The van der Waals surface area contributed by atoms with Crippen molar-refractivity contribution in [3.63, 3.8) is 0 Å². The molecule has 0 atom stereocenters. The number of nitrogens with zero attached hydrogens (tertiary/aromatic N) is 3. The van der Waals surface area contributed by atoms with Crippen molar-refractivity contribution in [1.29, 1.82) is 0 Å². The first-order valence-corrected chi connectivity index (χ1v) is 10.3. The van der Waals surface area contributed by atoms with Crippen molar-refractivity contribution in [2.24, 2.45) is 5.73 Å². The van der Waals surface area contributed by atoms with Gasteiger partial charge in [0.25, 0.3) is 0 Å². The lowest BCUT2D eigenvalue weighted by atomic mass is 10.1. The zero-order valence-corrected chi connectivity index (χ0v) is 17.1. The van der Waals surface area contributed by atoms with E-state index in [1.54, 1.807) is 18.3 Å². The van der Waals surface area contributed by atoms with Crippen LogP contribution in [-0.2, 0) is 6.42 Å². The average Bonchev–Trinajstić information content (AvgIpc) is 3.20. The maximum atomic E-state index is 13.4. The molecule has 29 heavy (non-hydrogen) atoms. The van der Waals surface area contributed by atoms with E-state index >= 15 is 0 Å². The van der Waals surface area contributed by atoms with Gasteiger partial charge in [-0.15, -0.1) is 0 Å². The molecule has 7 heteroatoms. The number of aromatic nitrogens is 4. The molecule has 0 aliphatic rings. The summed E-state index contributed by atoms with van der Waals surface area (Å²) in [6.45, 7) is 0. The predicted octanol–water partition coefficient (Wildman–Crippen LogP) is 4.56. The molecule has 5 nitrogen and oxygen atoms in total. The molecule has 0 bridgehead atoms. The second-order valence-electron chi connectivity index (χ2n) is 6.00. The Hall–Kier alpha value is -3.03. The van der Waals surface area contributed by atoms with E-state index in [1.807, 2.05) is 42.7 Å². The van der Waals surface area contributed by atoms with Crippen LogP contribution in [0.4, 0.5) is 4.39 Å². The summed E-state index contributed by atoms with van der Waals surface area (Å²) in [5.41, 5.74) is 9.01. The monoisotopic (exact) mass is 407 g/mol. The van der Waals surface area contributed by atoms with Gasteiger partial charge in [0.2, 0.25) is 0 Å². The average molecular weight is 408 g/mol. The highest BCUT2D eigenvalue weighted by molar-refractivity contribution is 7.98. The number of imidazole rings is 1. The quantitative estimate of drug-likeness (QED) is 0.374. The van der Waals surface area contributed by atoms with Gasteiger partial charge < -0.3 is 10.7 Å². The van der Waals surface area contributed by atoms with Gasteiger partial charge >= 0.3 is 0 Å². The second kappa shape index (κ2) is 9.95. The first-order chi connectivity index (χ1) is 14.2. The van der Waals surface area contributed by atoms with Crippen molar-refractivity contribution < 1.29 is 4.39 Å². The first kappa shape index (κ1) is 20.7. The lowest BCUT2D eigenvalue weighted by molar-refractivity contribution is 0.628.